The van der Waals surface area contributed by atoms with Crippen LogP contribution < -0.4 is 5.32 Å². The molecule has 0 aromatic carbocycles. The van der Waals surface area contributed by atoms with Gasteiger partial charge in [-0.25, -0.2) is 0 Å². The smallest absolute Gasteiger partial charge is 0.0458 e. The van der Waals surface area contributed by atoms with Crippen LogP contribution in [0.2, 0.25) is 0 Å². The summed E-state index contributed by atoms with van der Waals surface area (Å²) in [5, 5.41) is 3.59. The van der Waals surface area contributed by atoms with Gasteiger partial charge in [0.15, 0.2) is 0 Å². The molecule has 3 rings (SSSR count). The third-order valence-corrected chi connectivity index (χ3v) is 3.71. The van der Waals surface area contributed by atoms with Crippen molar-refractivity contribution in [1.29, 1.82) is 0 Å². The number of nitrogens with one attached hydrogen (secondary N) is 1. The fourth-order valence-electron chi connectivity index (χ4n) is 2.82. The Labute approximate surface area is 84.7 Å². The predicted octanol–water partition coefficient (Wildman–Crippen LogP) is 2.18. The Hall–Kier alpha value is -0.890. The minimum atomic E-state index is 0.612. The molecular weight excluding hydrogens is 172 g/mol. The zero-order valence-electron chi connectivity index (χ0n) is 8.85. The Bertz CT molecular complexity index is 396. The Balaban J connectivity index is 2.28. The van der Waals surface area contributed by atoms with E-state index >= 15 is 0 Å². The van der Waals surface area contributed by atoms with Gasteiger partial charge in [-0.3, -0.25) is 4.98 Å². The van der Waals surface area contributed by atoms with Crippen molar-refractivity contribution in [3.05, 3.63) is 28.1 Å². The van der Waals surface area contributed by atoms with E-state index in [9.17, 15) is 0 Å². The Kier molecular flexibility index (Phi) is 1.68. The first-order valence-electron chi connectivity index (χ1n) is 5.49. The summed E-state index contributed by atoms with van der Waals surface area (Å²) in [5.74, 6) is 0. The van der Waals surface area contributed by atoms with Crippen molar-refractivity contribution in [2.45, 2.75) is 45.7 Å². The van der Waals surface area contributed by atoms with Crippen molar-refractivity contribution in [2.24, 2.45) is 0 Å². The van der Waals surface area contributed by atoms with Gasteiger partial charge in [0, 0.05) is 24.0 Å². The lowest BCUT2D eigenvalue weighted by Crippen LogP contribution is -2.17. The maximum Gasteiger partial charge on any atom is 0.0458 e. The highest BCUT2D eigenvalue weighted by molar-refractivity contribution is 5.45. The van der Waals surface area contributed by atoms with Gasteiger partial charge in [0.1, 0.15) is 0 Å². The van der Waals surface area contributed by atoms with Crippen LogP contribution in [0, 0.1) is 13.8 Å². The summed E-state index contributed by atoms with van der Waals surface area (Å²) >= 11 is 0. The molecule has 0 amide bonds. The van der Waals surface area contributed by atoms with Crippen molar-refractivity contribution in [1.82, 2.24) is 10.3 Å². The van der Waals surface area contributed by atoms with Gasteiger partial charge in [-0.2, -0.15) is 0 Å². The van der Waals surface area contributed by atoms with Crippen LogP contribution in [0.4, 0.5) is 0 Å². The van der Waals surface area contributed by atoms with Gasteiger partial charge in [-0.1, -0.05) is 0 Å². The van der Waals surface area contributed by atoms with E-state index in [0.717, 1.165) is 6.54 Å². The zero-order chi connectivity index (χ0) is 9.71. The fourth-order valence-corrected chi connectivity index (χ4v) is 2.82. The number of aromatic nitrogens is 1. The maximum absolute atomic E-state index is 4.72. The Morgan fingerprint density at radius 1 is 1.36 bits per heavy atom. The monoisotopic (exact) mass is 188 g/mol. The summed E-state index contributed by atoms with van der Waals surface area (Å²) in [6.45, 7) is 5.40. The lowest BCUT2D eigenvalue weighted by molar-refractivity contribution is 0.493. The van der Waals surface area contributed by atoms with Crippen LogP contribution in [0.1, 0.15) is 47.0 Å². The van der Waals surface area contributed by atoms with Crippen LogP contribution in [0.25, 0.3) is 0 Å². The van der Waals surface area contributed by atoms with Crippen LogP contribution in [-0.4, -0.2) is 4.98 Å². The van der Waals surface area contributed by atoms with Crippen LogP contribution in [-0.2, 0) is 13.0 Å². The average molecular weight is 188 g/mol. The minimum absolute atomic E-state index is 0.612. The number of aryl methyl sites for hydroxylation is 2. The normalized spacial score (nSPS) is 23.7. The Morgan fingerprint density at radius 3 is 3.07 bits per heavy atom. The van der Waals surface area contributed by atoms with E-state index in [4.69, 9.17) is 4.98 Å². The second-order valence-electron chi connectivity index (χ2n) is 4.49. The lowest BCUT2D eigenvalue weighted by atomic mass is 9.89. The molecule has 0 saturated carbocycles. The highest BCUT2D eigenvalue weighted by Crippen LogP contribution is 2.37. The molecule has 74 valence electrons. The molecule has 0 unspecified atom stereocenters. The number of hydrogen-bond acceptors (Lipinski definition) is 2. The SMILES string of the molecule is Cc1nc2c3c(c1C)CN[C@H]3CCC2. The predicted molar refractivity (Wildman–Crippen MR) is 56.2 cm³/mol. The highest BCUT2D eigenvalue weighted by atomic mass is 15.0. The van der Waals surface area contributed by atoms with E-state index in [2.05, 4.69) is 19.2 Å². The molecule has 1 aromatic rings. The quantitative estimate of drug-likeness (QED) is 0.675. The van der Waals surface area contributed by atoms with E-state index in [1.165, 1.54) is 41.8 Å². The molecule has 1 atom stereocenters. The molecule has 2 nitrogen and oxygen atoms in total. The topological polar surface area (TPSA) is 24.9 Å². The minimum Gasteiger partial charge on any atom is -0.306 e. The summed E-state index contributed by atoms with van der Waals surface area (Å²) in [6.07, 6.45) is 3.77. The standard InChI is InChI=1S/C12H16N2/c1-7-8(2)14-11-5-3-4-10-12(11)9(7)6-13-10/h10,13H,3-6H2,1-2H3/t10-/m0/s1. The molecule has 1 aromatic heterocycles. The molecule has 2 heterocycles. The van der Waals surface area contributed by atoms with Gasteiger partial charge in [0.2, 0.25) is 0 Å². The molecule has 14 heavy (non-hydrogen) atoms. The van der Waals surface area contributed by atoms with Gasteiger partial charge < -0.3 is 5.32 Å². The van der Waals surface area contributed by atoms with Crippen LogP contribution >= 0.6 is 0 Å². The largest absolute Gasteiger partial charge is 0.306 e. The number of rotatable bonds is 0. The molecule has 0 bridgehead atoms. The average Bonchev–Trinajstić information content (AvgIpc) is 2.60. The van der Waals surface area contributed by atoms with Crippen molar-refractivity contribution < 1.29 is 0 Å². The van der Waals surface area contributed by atoms with Gasteiger partial charge in [0.25, 0.3) is 0 Å². The van der Waals surface area contributed by atoms with Crippen molar-refractivity contribution >= 4 is 0 Å². The van der Waals surface area contributed by atoms with E-state index in [1.807, 2.05) is 0 Å². The second kappa shape index (κ2) is 2.80. The van der Waals surface area contributed by atoms with Gasteiger partial charge in [0.05, 0.1) is 0 Å². The van der Waals surface area contributed by atoms with E-state index in [-0.39, 0.29) is 0 Å². The van der Waals surface area contributed by atoms with Gasteiger partial charge in [-0.05, 0) is 49.8 Å². The molecule has 0 radical (unpaired) electrons. The molecule has 0 spiro atoms. The summed E-state index contributed by atoms with van der Waals surface area (Å²) in [5.41, 5.74) is 7.07. The van der Waals surface area contributed by atoms with Crippen LogP contribution in [0.3, 0.4) is 0 Å². The van der Waals surface area contributed by atoms with Gasteiger partial charge >= 0.3 is 0 Å². The molecule has 0 saturated heterocycles. The third-order valence-electron chi connectivity index (χ3n) is 3.71. The molecule has 1 N–H and O–H groups in total. The lowest BCUT2D eigenvalue weighted by Gasteiger charge is -2.21. The molecule has 2 heteroatoms. The maximum atomic E-state index is 4.72. The van der Waals surface area contributed by atoms with Crippen molar-refractivity contribution in [3.63, 3.8) is 0 Å². The molecule has 2 aliphatic rings. The van der Waals surface area contributed by atoms with E-state index < -0.39 is 0 Å². The van der Waals surface area contributed by atoms with E-state index in [1.54, 1.807) is 5.56 Å². The molecule has 1 aliphatic heterocycles. The number of pyridine rings is 1. The van der Waals surface area contributed by atoms with Crippen molar-refractivity contribution in [3.8, 4) is 0 Å². The summed E-state index contributed by atoms with van der Waals surface area (Å²) in [4.78, 5) is 4.72. The van der Waals surface area contributed by atoms with Crippen LogP contribution in [0.5, 0.6) is 0 Å². The Morgan fingerprint density at radius 2 is 2.21 bits per heavy atom. The number of nitrogens with zero attached hydrogens (tertiary/aromatic N) is 1. The summed E-state index contributed by atoms with van der Waals surface area (Å²) < 4.78 is 0. The molecule has 0 fully saturated rings. The van der Waals surface area contributed by atoms with Gasteiger partial charge in [-0.15, -0.1) is 0 Å². The van der Waals surface area contributed by atoms with E-state index in [0.29, 0.717) is 6.04 Å². The zero-order valence-corrected chi connectivity index (χ0v) is 8.85. The summed E-state index contributed by atoms with van der Waals surface area (Å²) in [6, 6.07) is 0.612. The second-order valence-corrected chi connectivity index (χ2v) is 4.49. The third kappa shape index (κ3) is 0.976. The molecule has 1 aliphatic carbocycles. The first-order valence-corrected chi connectivity index (χ1v) is 5.49. The van der Waals surface area contributed by atoms with Crippen LogP contribution in [0.15, 0.2) is 0 Å². The number of hydrogen-bond donors (Lipinski definition) is 1. The summed E-state index contributed by atoms with van der Waals surface area (Å²) in [7, 11) is 0. The molecular formula is C12H16N2. The van der Waals surface area contributed by atoms with Crippen molar-refractivity contribution in [2.75, 3.05) is 0 Å². The highest BCUT2D eigenvalue weighted by Gasteiger charge is 2.30. The first-order chi connectivity index (χ1) is 6.77. The first kappa shape index (κ1) is 8.42. The fraction of sp³-hybridized carbons (Fsp3) is 0.583.